The summed E-state index contributed by atoms with van der Waals surface area (Å²) in [5.74, 6) is 0.503. The van der Waals surface area contributed by atoms with Crippen LogP contribution in [0.15, 0.2) is 24.3 Å². The van der Waals surface area contributed by atoms with E-state index < -0.39 is 16.1 Å². The molecule has 0 amide bonds. The second-order valence-corrected chi connectivity index (χ2v) is 7.45. The fraction of sp³-hybridized carbons (Fsp3) is 0.600. The van der Waals surface area contributed by atoms with Gasteiger partial charge in [0.1, 0.15) is 0 Å². The molecule has 0 saturated heterocycles. The van der Waals surface area contributed by atoms with Gasteiger partial charge in [-0.25, -0.2) is 8.42 Å². The van der Waals surface area contributed by atoms with Crippen LogP contribution in [0.5, 0.6) is 0 Å². The van der Waals surface area contributed by atoms with Crippen LogP contribution in [0, 0.1) is 5.92 Å². The van der Waals surface area contributed by atoms with Crippen molar-refractivity contribution in [1.29, 1.82) is 0 Å². The number of sulfonamides is 1. The molecule has 20 heavy (non-hydrogen) atoms. The maximum Gasteiger partial charge on any atom is 0.232 e. The Morgan fingerprint density at radius 2 is 1.80 bits per heavy atom. The Morgan fingerprint density at radius 1 is 1.20 bits per heavy atom. The molecule has 0 bridgehead atoms. The zero-order valence-electron chi connectivity index (χ0n) is 11.9. The Balaban J connectivity index is 1.96. The fourth-order valence-corrected chi connectivity index (χ4v) is 4.25. The van der Waals surface area contributed by atoms with Crippen LogP contribution in [-0.4, -0.2) is 19.3 Å². The van der Waals surface area contributed by atoms with Gasteiger partial charge in [-0.1, -0.05) is 31.4 Å². The van der Waals surface area contributed by atoms with Crippen molar-refractivity contribution in [3.63, 3.8) is 0 Å². The Labute approximate surface area is 121 Å². The minimum absolute atomic E-state index is 0.213. The highest BCUT2D eigenvalue weighted by atomic mass is 32.2. The average Bonchev–Trinajstić information content (AvgIpc) is 2.39. The average molecular weight is 297 g/mol. The fourth-order valence-electron chi connectivity index (χ4n) is 2.72. The first-order chi connectivity index (χ1) is 9.46. The Bertz CT molecular complexity index is 517. The topological polar surface area (TPSA) is 66.4 Å². The number of benzene rings is 1. The van der Waals surface area contributed by atoms with Crippen molar-refractivity contribution in [1.82, 2.24) is 0 Å². The van der Waals surface area contributed by atoms with Gasteiger partial charge in [-0.15, -0.1) is 0 Å². The standard InChI is InChI=1S/C15H23NO3S/c1-12(17)14-7-9-15(10-8-14)16-20(18,19)11-13-5-3-2-4-6-13/h7-10,12-13,16-17H,2-6,11H2,1H3. The molecule has 0 aliphatic heterocycles. The molecule has 1 aromatic carbocycles. The largest absolute Gasteiger partial charge is 0.389 e. The quantitative estimate of drug-likeness (QED) is 0.877. The van der Waals surface area contributed by atoms with Gasteiger partial charge in [0.15, 0.2) is 0 Å². The molecule has 1 aromatic rings. The molecule has 4 nitrogen and oxygen atoms in total. The summed E-state index contributed by atoms with van der Waals surface area (Å²) in [5.41, 5.74) is 1.34. The number of aliphatic hydroxyl groups is 1. The van der Waals surface area contributed by atoms with E-state index in [1.807, 2.05) is 0 Å². The van der Waals surface area contributed by atoms with Crippen LogP contribution in [0.1, 0.15) is 50.7 Å². The molecule has 112 valence electrons. The lowest BCUT2D eigenvalue weighted by atomic mass is 9.91. The van der Waals surface area contributed by atoms with Crippen molar-refractivity contribution < 1.29 is 13.5 Å². The van der Waals surface area contributed by atoms with E-state index in [0.717, 1.165) is 31.2 Å². The summed E-state index contributed by atoms with van der Waals surface area (Å²) in [6.07, 6.45) is 5.00. The molecule has 5 heteroatoms. The minimum atomic E-state index is -3.28. The molecular weight excluding hydrogens is 274 g/mol. The van der Waals surface area contributed by atoms with E-state index >= 15 is 0 Å². The van der Waals surface area contributed by atoms with E-state index in [1.54, 1.807) is 31.2 Å². The number of rotatable bonds is 5. The third kappa shape index (κ3) is 4.49. The first-order valence-corrected chi connectivity index (χ1v) is 8.90. The molecule has 2 N–H and O–H groups in total. The summed E-state index contributed by atoms with van der Waals surface area (Å²) in [4.78, 5) is 0. The highest BCUT2D eigenvalue weighted by Gasteiger charge is 2.21. The van der Waals surface area contributed by atoms with Gasteiger partial charge in [0.2, 0.25) is 10.0 Å². The van der Waals surface area contributed by atoms with Crippen molar-refractivity contribution in [2.75, 3.05) is 10.5 Å². The first kappa shape index (κ1) is 15.3. The van der Waals surface area contributed by atoms with E-state index in [1.165, 1.54) is 6.42 Å². The monoisotopic (exact) mass is 297 g/mol. The summed E-state index contributed by atoms with van der Waals surface area (Å²) >= 11 is 0. The third-order valence-electron chi connectivity index (χ3n) is 3.85. The maximum atomic E-state index is 12.1. The number of hydrogen-bond acceptors (Lipinski definition) is 3. The summed E-state index contributed by atoms with van der Waals surface area (Å²) in [6, 6.07) is 6.87. The molecule has 1 unspecified atom stereocenters. The molecule has 0 spiro atoms. The van der Waals surface area contributed by atoms with Gasteiger partial charge in [0.25, 0.3) is 0 Å². The highest BCUT2D eigenvalue weighted by Crippen LogP contribution is 2.25. The number of anilines is 1. The molecule has 0 aromatic heterocycles. The number of nitrogens with one attached hydrogen (secondary N) is 1. The second kappa shape index (κ2) is 6.59. The molecule has 1 saturated carbocycles. The zero-order chi connectivity index (χ0) is 14.6. The molecule has 2 rings (SSSR count). The van der Waals surface area contributed by atoms with Crippen LogP contribution in [0.4, 0.5) is 5.69 Å². The lowest BCUT2D eigenvalue weighted by molar-refractivity contribution is 0.199. The zero-order valence-corrected chi connectivity index (χ0v) is 12.7. The van der Waals surface area contributed by atoms with Crippen molar-refractivity contribution in [3.05, 3.63) is 29.8 Å². The maximum absolute atomic E-state index is 12.1. The van der Waals surface area contributed by atoms with Gasteiger partial charge < -0.3 is 5.11 Å². The van der Waals surface area contributed by atoms with Gasteiger partial charge >= 0.3 is 0 Å². The Kier molecular flexibility index (Phi) is 5.05. The van der Waals surface area contributed by atoms with Crippen molar-refractivity contribution >= 4 is 15.7 Å². The van der Waals surface area contributed by atoms with Crippen molar-refractivity contribution in [2.24, 2.45) is 5.92 Å². The van der Waals surface area contributed by atoms with Crippen molar-refractivity contribution in [2.45, 2.75) is 45.1 Å². The normalized spacial score (nSPS) is 18.7. The van der Waals surface area contributed by atoms with Crippen LogP contribution in [-0.2, 0) is 10.0 Å². The first-order valence-electron chi connectivity index (χ1n) is 7.25. The summed E-state index contributed by atoms with van der Waals surface area (Å²) in [6.45, 7) is 1.68. The van der Waals surface area contributed by atoms with Crippen LogP contribution in [0.3, 0.4) is 0 Å². The summed E-state index contributed by atoms with van der Waals surface area (Å²) < 4.78 is 26.9. The van der Waals surface area contributed by atoms with Gasteiger partial charge in [0, 0.05) is 5.69 Å². The van der Waals surface area contributed by atoms with E-state index in [4.69, 9.17) is 0 Å². The van der Waals surface area contributed by atoms with Crippen LogP contribution in [0.2, 0.25) is 0 Å². The van der Waals surface area contributed by atoms with Crippen LogP contribution >= 0.6 is 0 Å². The van der Waals surface area contributed by atoms with E-state index in [-0.39, 0.29) is 11.7 Å². The van der Waals surface area contributed by atoms with Gasteiger partial charge in [-0.3, -0.25) is 4.72 Å². The Hall–Kier alpha value is -1.07. The number of aliphatic hydroxyl groups excluding tert-OH is 1. The van der Waals surface area contributed by atoms with E-state index in [0.29, 0.717) is 5.69 Å². The molecule has 1 fully saturated rings. The van der Waals surface area contributed by atoms with Crippen molar-refractivity contribution in [3.8, 4) is 0 Å². The SMILES string of the molecule is CC(O)c1ccc(NS(=O)(=O)CC2CCCCC2)cc1. The van der Waals surface area contributed by atoms with Gasteiger partial charge in [-0.2, -0.15) is 0 Å². The second-order valence-electron chi connectivity index (χ2n) is 5.69. The van der Waals surface area contributed by atoms with Crippen LogP contribution < -0.4 is 4.72 Å². The minimum Gasteiger partial charge on any atom is -0.389 e. The molecule has 0 heterocycles. The summed E-state index contributed by atoms with van der Waals surface area (Å²) in [7, 11) is -3.28. The Morgan fingerprint density at radius 3 is 2.35 bits per heavy atom. The highest BCUT2D eigenvalue weighted by molar-refractivity contribution is 7.92. The molecule has 1 aliphatic rings. The smallest absolute Gasteiger partial charge is 0.232 e. The van der Waals surface area contributed by atoms with Gasteiger partial charge in [0.05, 0.1) is 11.9 Å². The lowest BCUT2D eigenvalue weighted by Gasteiger charge is -2.21. The molecule has 0 radical (unpaired) electrons. The summed E-state index contributed by atoms with van der Waals surface area (Å²) in [5, 5.41) is 9.42. The third-order valence-corrected chi connectivity index (χ3v) is 5.30. The number of hydrogen-bond donors (Lipinski definition) is 2. The van der Waals surface area contributed by atoms with E-state index in [9.17, 15) is 13.5 Å². The van der Waals surface area contributed by atoms with Crippen LogP contribution in [0.25, 0.3) is 0 Å². The molecular formula is C15H23NO3S. The van der Waals surface area contributed by atoms with E-state index in [2.05, 4.69) is 4.72 Å². The molecule has 1 atom stereocenters. The lowest BCUT2D eigenvalue weighted by Crippen LogP contribution is -2.24. The molecule has 1 aliphatic carbocycles. The predicted octanol–water partition coefficient (Wildman–Crippen LogP) is 3.06. The van der Waals surface area contributed by atoms with Gasteiger partial charge in [-0.05, 0) is 43.4 Å². The predicted molar refractivity (Wildman–Crippen MR) is 81.1 cm³/mol.